The smallest absolute Gasteiger partial charge is 0.140 e. The monoisotopic (exact) mass is 237 g/mol. The quantitative estimate of drug-likeness (QED) is 0.637. The molecular weight excluding hydrogens is 222 g/mol. The third-order valence-corrected chi connectivity index (χ3v) is 3.31. The molecule has 0 aliphatic carbocycles. The largest absolute Gasteiger partial charge is 0.398 e. The van der Waals surface area contributed by atoms with Gasteiger partial charge in [-0.15, -0.1) is 0 Å². The van der Waals surface area contributed by atoms with Gasteiger partial charge in [0.2, 0.25) is 0 Å². The number of benzene rings is 2. The first kappa shape index (κ1) is 10.8. The molecule has 0 saturated heterocycles. The molecule has 2 aromatic carbocycles. The number of nitrogens with two attached hydrogens (primary N) is 1. The van der Waals surface area contributed by atoms with Gasteiger partial charge in [-0.3, -0.25) is 0 Å². The predicted octanol–water partition coefficient (Wildman–Crippen LogP) is 3.43. The van der Waals surface area contributed by atoms with Crippen molar-refractivity contribution >= 4 is 16.7 Å². The van der Waals surface area contributed by atoms with Crippen LogP contribution >= 0.6 is 0 Å². The van der Waals surface area contributed by atoms with Crippen molar-refractivity contribution in [1.82, 2.24) is 9.97 Å². The van der Waals surface area contributed by atoms with Crippen molar-refractivity contribution in [2.75, 3.05) is 5.73 Å². The zero-order valence-electron chi connectivity index (χ0n) is 10.5. The Kier molecular flexibility index (Phi) is 2.33. The van der Waals surface area contributed by atoms with E-state index in [1.807, 2.05) is 24.3 Å². The summed E-state index contributed by atoms with van der Waals surface area (Å²) in [5, 5.41) is 0. The molecule has 3 heteroatoms. The third kappa shape index (κ3) is 1.64. The molecule has 0 spiro atoms. The highest BCUT2D eigenvalue weighted by molar-refractivity contribution is 5.83. The molecule has 0 amide bonds. The van der Waals surface area contributed by atoms with Crippen LogP contribution in [0.2, 0.25) is 0 Å². The van der Waals surface area contributed by atoms with Crippen LogP contribution in [0.25, 0.3) is 22.4 Å². The van der Waals surface area contributed by atoms with Gasteiger partial charge in [-0.1, -0.05) is 12.1 Å². The minimum atomic E-state index is 0.741. The van der Waals surface area contributed by atoms with Crippen molar-refractivity contribution in [2.24, 2.45) is 0 Å². The lowest BCUT2D eigenvalue weighted by Crippen LogP contribution is -1.90. The number of para-hydroxylation sites is 1. The van der Waals surface area contributed by atoms with Crippen molar-refractivity contribution in [3.8, 4) is 11.4 Å². The second kappa shape index (κ2) is 3.88. The number of aryl methyl sites for hydroxylation is 2. The van der Waals surface area contributed by atoms with Crippen molar-refractivity contribution in [1.29, 1.82) is 0 Å². The minimum Gasteiger partial charge on any atom is -0.398 e. The molecule has 3 N–H and O–H groups in total. The van der Waals surface area contributed by atoms with Gasteiger partial charge in [0.05, 0.1) is 11.0 Å². The average Bonchev–Trinajstić information content (AvgIpc) is 2.73. The van der Waals surface area contributed by atoms with Gasteiger partial charge in [-0.25, -0.2) is 4.98 Å². The Labute approximate surface area is 106 Å². The number of hydrogen-bond donors (Lipinski definition) is 2. The summed E-state index contributed by atoms with van der Waals surface area (Å²) in [7, 11) is 0. The molecule has 1 aromatic heterocycles. The average molecular weight is 237 g/mol. The SMILES string of the molecule is Cc1cc2nc(-c3ccccc3N)[nH]c2cc1C. The fourth-order valence-corrected chi connectivity index (χ4v) is 2.11. The van der Waals surface area contributed by atoms with E-state index in [1.54, 1.807) is 0 Å². The molecule has 0 bridgehead atoms. The maximum Gasteiger partial charge on any atom is 0.140 e. The lowest BCUT2D eigenvalue weighted by molar-refractivity contribution is 1.34. The Morgan fingerprint density at radius 1 is 1.06 bits per heavy atom. The number of fused-ring (bicyclic) bond motifs is 1. The summed E-state index contributed by atoms with van der Waals surface area (Å²) in [6.45, 7) is 4.20. The summed E-state index contributed by atoms with van der Waals surface area (Å²) in [5.41, 5.74) is 12.2. The zero-order chi connectivity index (χ0) is 12.7. The molecule has 0 saturated carbocycles. The Hall–Kier alpha value is -2.29. The van der Waals surface area contributed by atoms with Gasteiger partial charge in [0, 0.05) is 11.3 Å². The van der Waals surface area contributed by atoms with Crippen molar-refractivity contribution < 1.29 is 0 Å². The number of imidazole rings is 1. The Bertz CT molecular complexity index is 687. The number of aromatic nitrogens is 2. The number of aromatic amines is 1. The second-order valence-electron chi connectivity index (χ2n) is 4.63. The van der Waals surface area contributed by atoms with Crippen molar-refractivity contribution in [2.45, 2.75) is 13.8 Å². The summed E-state index contributed by atoms with van der Waals surface area (Å²) in [4.78, 5) is 7.94. The number of nitrogen functional groups attached to an aromatic ring is 1. The zero-order valence-corrected chi connectivity index (χ0v) is 10.5. The van der Waals surface area contributed by atoms with Crippen LogP contribution in [0.1, 0.15) is 11.1 Å². The number of rotatable bonds is 1. The van der Waals surface area contributed by atoms with Crippen LogP contribution in [0.5, 0.6) is 0 Å². The first-order chi connectivity index (χ1) is 8.65. The van der Waals surface area contributed by atoms with Crippen LogP contribution in [-0.2, 0) is 0 Å². The molecule has 0 radical (unpaired) electrons. The Balaban J connectivity index is 2.23. The van der Waals surface area contributed by atoms with Crippen LogP contribution in [0.15, 0.2) is 36.4 Å². The first-order valence-corrected chi connectivity index (χ1v) is 5.97. The van der Waals surface area contributed by atoms with E-state index < -0.39 is 0 Å². The van der Waals surface area contributed by atoms with Crippen LogP contribution < -0.4 is 5.73 Å². The highest BCUT2D eigenvalue weighted by atomic mass is 14.9. The topological polar surface area (TPSA) is 54.7 Å². The molecule has 0 unspecified atom stereocenters. The van der Waals surface area contributed by atoms with Crippen LogP contribution in [0.4, 0.5) is 5.69 Å². The van der Waals surface area contributed by atoms with Gasteiger partial charge in [0.1, 0.15) is 5.82 Å². The summed E-state index contributed by atoms with van der Waals surface area (Å²) in [6, 6.07) is 12.0. The molecular formula is C15H15N3. The van der Waals surface area contributed by atoms with Gasteiger partial charge >= 0.3 is 0 Å². The number of hydrogen-bond acceptors (Lipinski definition) is 2. The van der Waals surface area contributed by atoms with E-state index in [-0.39, 0.29) is 0 Å². The second-order valence-corrected chi connectivity index (χ2v) is 4.63. The van der Waals surface area contributed by atoms with Crippen molar-refractivity contribution in [3.63, 3.8) is 0 Å². The fourth-order valence-electron chi connectivity index (χ4n) is 2.11. The minimum absolute atomic E-state index is 0.741. The first-order valence-electron chi connectivity index (χ1n) is 5.97. The van der Waals surface area contributed by atoms with E-state index in [9.17, 15) is 0 Å². The predicted molar refractivity (Wildman–Crippen MR) is 75.4 cm³/mol. The third-order valence-electron chi connectivity index (χ3n) is 3.31. The van der Waals surface area contributed by atoms with Gasteiger partial charge in [-0.2, -0.15) is 0 Å². The molecule has 3 nitrogen and oxygen atoms in total. The summed E-state index contributed by atoms with van der Waals surface area (Å²) in [5.74, 6) is 0.827. The molecule has 18 heavy (non-hydrogen) atoms. The van der Waals surface area contributed by atoms with Gasteiger partial charge < -0.3 is 10.7 Å². The van der Waals surface area contributed by atoms with E-state index in [2.05, 4.69) is 35.9 Å². The molecule has 90 valence electrons. The van der Waals surface area contributed by atoms with Gasteiger partial charge in [-0.05, 0) is 49.2 Å². The molecule has 3 aromatic rings. The fraction of sp³-hybridized carbons (Fsp3) is 0.133. The van der Waals surface area contributed by atoms with Crippen LogP contribution in [-0.4, -0.2) is 9.97 Å². The lowest BCUT2D eigenvalue weighted by Gasteiger charge is -2.00. The van der Waals surface area contributed by atoms with Crippen LogP contribution in [0, 0.1) is 13.8 Å². The number of H-pyrrole nitrogens is 1. The highest BCUT2D eigenvalue weighted by Crippen LogP contribution is 2.26. The maximum atomic E-state index is 5.97. The van der Waals surface area contributed by atoms with E-state index in [1.165, 1.54) is 11.1 Å². The molecule has 0 aliphatic heterocycles. The number of nitrogens with zero attached hydrogens (tertiary/aromatic N) is 1. The van der Waals surface area contributed by atoms with E-state index in [0.29, 0.717) is 0 Å². The number of nitrogens with one attached hydrogen (secondary N) is 1. The molecule has 0 fully saturated rings. The molecule has 3 rings (SSSR count). The van der Waals surface area contributed by atoms with Gasteiger partial charge in [0.25, 0.3) is 0 Å². The Morgan fingerprint density at radius 3 is 2.56 bits per heavy atom. The summed E-state index contributed by atoms with van der Waals surface area (Å²) < 4.78 is 0. The van der Waals surface area contributed by atoms with Gasteiger partial charge in [0.15, 0.2) is 0 Å². The number of anilines is 1. The maximum absolute atomic E-state index is 5.97. The van der Waals surface area contributed by atoms with E-state index in [4.69, 9.17) is 5.73 Å². The van der Waals surface area contributed by atoms with Crippen LogP contribution in [0.3, 0.4) is 0 Å². The lowest BCUT2D eigenvalue weighted by atomic mass is 10.1. The molecule has 0 aliphatic rings. The summed E-state index contributed by atoms with van der Waals surface area (Å²) in [6.07, 6.45) is 0. The highest BCUT2D eigenvalue weighted by Gasteiger charge is 2.08. The standard InChI is InChI=1S/C15H15N3/c1-9-7-13-14(8-10(9)2)18-15(17-13)11-5-3-4-6-12(11)16/h3-8H,16H2,1-2H3,(H,17,18). The van der Waals surface area contributed by atoms with Crippen molar-refractivity contribution in [3.05, 3.63) is 47.5 Å². The normalized spacial score (nSPS) is 11.0. The van der Waals surface area contributed by atoms with E-state index in [0.717, 1.165) is 28.1 Å². The molecule has 0 atom stereocenters. The Morgan fingerprint density at radius 2 is 1.78 bits per heavy atom. The summed E-state index contributed by atoms with van der Waals surface area (Å²) >= 11 is 0. The molecule has 1 heterocycles. The van der Waals surface area contributed by atoms with E-state index >= 15 is 0 Å².